The Morgan fingerprint density at radius 1 is 1.32 bits per heavy atom. The van der Waals surface area contributed by atoms with Crippen LogP contribution in [0.15, 0.2) is 33.7 Å². The number of rotatable bonds is 6. The second kappa shape index (κ2) is 5.73. The van der Waals surface area contributed by atoms with Crippen molar-refractivity contribution < 1.29 is 12.8 Å². The Kier molecular flexibility index (Phi) is 3.92. The highest BCUT2D eigenvalue weighted by molar-refractivity contribution is 7.89. The molecule has 22 heavy (non-hydrogen) atoms. The number of aryl methyl sites for hydroxylation is 1. The van der Waals surface area contributed by atoms with Gasteiger partial charge < -0.3 is 9.73 Å². The zero-order valence-corrected chi connectivity index (χ0v) is 13.4. The molecule has 1 aromatic heterocycles. The van der Waals surface area contributed by atoms with Crippen molar-refractivity contribution in [3.05, 3.63) is 41.6 Å². The lowest BCUT2D eigenvalue weighted by atomic mass is 10.2. The van der Waals surface area contributed by atoms with Crippen molar-refractivity contribution in [1.29, 1.82) is 0 Å². The fraction of sp³-hybridized carbons (Fsp3) is 0.400. The summed E-state index contributed by atoms with van der Waals surface area (Å²) in [5.41, 5.74) is 1.45. The smallest absolute Gasteiger partial charge is 0.241 e. The van der Waals surface area contributed by atoms with Gasteiger partial charge in [0.15, 0.2) is 0 Å². The summed E-state index contributed by atoms with van der Waals surface area (Å²) in [5.74, 6) is 1.32. The Morgan fingerprint density at radius 3 is 2.73 bits per heavy atom. The van der Waals surface area contributed by atoms with Crippen LogP contribution in [-0.2, 0) is 16.6 Å². The van der Waals surface area contributed by atoms with E-state index in [1.54, 1.807) is 25.3 Å². The largest absolute Gasteiger partial charge is 0.444 e. The minimum Gasteiger partial charge on any atom is -0.444 e. The van der Waals surface area contributed by atoms with Crippen molar-refractivity contribution in [2.75, 3.05) is 5.32 Å². The van der Waals surface area contributed by atoms with E-state index in [2.05, 4.69) is 15.0 Å². The molecule has 0 unspecified atom stereocenters. The van der Waals surface area contributed by atoms with Gasteiger partial charge in [-0.25, -0.2) is 18.1 Å². The molecule has 1 aliphatic rings. The van der Waals surface area contributed by atoms with Gasteiger partial charge in [-0.15, -0.1) is 0 Å². The lowest BCUT2D eigenvalue weighted by molar-refractivity contribution is 0.479. The van der Waals surface area contributed by atoms with Crippen molar-refractivity contribution in [2.45, 2.75) is 44.2 Å². The molecule has 0 bridgehead atoms. The zero-order chi connectivity index (χ0) is 15.7. The molecule has 2 N–H and O–H groups in total. The van der Waals surface area contributed by atoms with Crippen LogP contribution in [0.4, 0.5) is 5.69 Å². The predicted octanol–water partition coefficient (Wildman–Crippen LogP) is 2.34. The minimum atomic E-state index is -3.46. The number of oxazole rings is 1. The molecule has 1 aliphatic carbocycles. The Labute approximate surface area is 130 Å². The maximum Gasteiger partial charge on any atom is 0.241 e. The first kappa shape index (κ1) is 15.1. The van der Waals surface area contributed by atoms with Crippen molar-refractivity contribution in [3.63, 3.8) is 0 Å². The Hall–Kier alpha value is -1.86. The van der Waals surface area contributed by atoms with Crippen LogP contribution in [0.2, 0.25) is 0 Å². The fourth-order valence-corrected chi connectivity index (χ4v) is 3.81. The van der Waals surface area contributed by atoms with E-state index in [-0.39, 0.29) is 6.04 Å². The molecule has 6 nitrogen and oxygen atoms in total. The highest BCUT2D eigenvalue weighted by atomic mass is 32.2. The first-order chi connectivity index (χ1) is 10.5. The van der Waals surface area contributed by atoms with E-state index in [0.717, 1.165) is 24.3 Å². The van der Waals surface area contributed by atoms with Crippen LogP contribution in [0.25, 0.3) is 0 Å². The third kappa shape index (κ3) is 3.31. The molecule has 3 rings (SSSR count). The number of aromatic nitrogens is 1. The number of anilines is 1. The minimum absolute atomic E-state index is 0.0938. The van der Waals surface area contributed by atoms with Gasteiger partial charge in [0.25, 0.3) is 0 Å². The molecule has 0 radical (unpaired) electrons. The summed E-state index contributed by atoms with van der Waals surface area (Å²) in [4.78, 5) is 4.43. The molecule has 0 aliphatic heterocycles. The van der Waals surface area contributed by atoms with Crippen LogP contribution in [0, 0.1) is 13.8 Å². The molecule has 118 valence electrons. The van der Waals surface area contributed by atoms with Crippen molar-refractivity contribution in [3.8, 4) is 0 Å². The molecule has 2 aromatic rings. The molecule has 1 fully saturated rings. The van der Waals surface area contributed by atoms with E-state index in [1.165, 1.54) is 0 Å². The molecule has 0 spiro atoms. The third-order valence-corrected chi connectivity index (χ3v) is 5.24. The van der Waals surface area contributed by atoms with Gasteiger partial charge in [0.2, 0.25) is 15.9 Å². The lowest BCUT2D eigenvalue weighted by Gasteiger charge is -2.13. The van der Waals surface area contributed by atoms with Gasteiger partial charge in [0.1, 0.15) is 5.76 Å². The summed E-state index contributed by atoms with van der Waals surface area (Å²) in [6.07, 6.45) is 3.49. The summed E-state index contributed by atoms with van der Waals surface area (Å²) in [6, 6.07) is 5.30. The normalized spacial score (nSPS) is 15.0. The second-order valence-corrected chi connectivity index (χ2v) is 7.22. The first-order valence-electron chi connectivity index (χ1n) is 7.23. The van der Waals surface area contributed by atoms with Gasteiger partial charge in [0, 0.05) is 11.7 Å². The van der Waals surface area contributed by atoms with Crippen LogP contribution < -0.4 is 10.0 Å². The van der Waals surface area contributed by atoms with Crippen molar-refractivity contribution >= 4 is 15.7 Å². The quantitative estimate of drug-likeness (QED) is 0.853. The van der Waals surface area contributed by atoms with Gasteiger partial charge in [-0.2, -0.15) is 0 Å². The third-order valence-electron chi connectivity index (χ3n) is 3.57. The second-order valence-electron chi connectivity index (χ2n) is 5.54. The van der Waals surface area contributed by atoms with Gasteiger partial charge in [0.05, 0.1) is 17.6 Å². The number of benzene rings is 1. The highest BCUT2D eigenvalue weighted by Crippen LogP contribution is 2.27. The highest BCUT2D eigenvalue weighted by Gasteiger charge is 2.29. The van der Waals surface area contributed by atoms with Crippen LogP contribution >= 0.6 is 0 Å². The Bertz CT molecular complexity index is 779. The van der Waals surface area contributed by atoms with Gasteiger partial charge >= 0.3 is 0 Å². The van der Waals surface area contributed by atoms with E-state index in [9.17, 15) is 8.42 Å². The van der Waals surface area contributed by atoms with Gasteiger partial charge in [-0.1, -0.05) is 6.07 Å². The standard InChI is InChI=1S/C15H19N3O3S/c1-10-8-17-15(21-10)9-16-13-4-3-5-14(11(13)2)22(19,20)18-12-6-7-12/h3-5,8,12,16,18H,6-7,9H2,1-2H3. The van der Waals surface area contributed by atoms with E-state index < -0.39 is 10.0 Å². The maximum absolute atomic E-state index is 12.4. The van der Waals surface area contributed by atoms with Gasteiger partial charge in [-0.05, 0) is 44.4 Å². The number of hydrogen-bond donors (Lipinski definition) is 2. The van der Waals surface area contributed by atoms with Crippen molar-refractivity contribution in [1.82, 2.24) is 9.71 Å². The summed E-state index contributed by atoms with van der Waals surface area (Å²) in [7, 11) is -3.46. The average Bonchev–Trinajstić information content (AvgIpc) is 3.16. The Morgan fingerprint density at radius 2 is 2.09 bits per heavy atom. The molecule has 0 saturated heterocycles. The van der Waals surface area contributed by atoms with Crippen molar-refractivity contribution in [2.24, 2.45) is 0 Å². The summed E-state index contributed by atoms with van der Waals surface area (Å²) < 4.78 is 32.8. The zero-order valence-electron chi connectivity index (χ0n) is 12.6. The van der Waals surface area contributed by atoms with E-state index in [1.807, 2.05) is 13.0 Å². The number of sulfonamides is 1. The molecular weight excluding hydrogens is 302 g/mol. The number of nitrogens with one attached hydrogen (secondary N) is 2. The SMILES string of the molecule is Cc1cnc(CNc2cccc(S(=O)(=O)NC3CC3)c2C)o1. The lowest BCUT2D eigenvalue weighted by Crippen LogP contribution is -2.26. The summed E-state index contributed by atoms with van der Waals surface area (Å²) >= 11 is 0. The first-order valence-corrected chi connectivity index (χ1v) is 8.71. The fourth-order valence-electron chi connectivity index (χ4n) is 2.24. The molecule has 1 heterocycles. The molecule has 0 amide bonds. The Balaban J connectivity index is 1.79. The molecule has 7 heteroatoms. The topological polar surface area (TPSA) is 84.2 Å². The van der Waals surface area contributed by atoms with Gasteiger partial charge in [-0.3, -0.25) is 0 Å². The molecular formula is C15H19N3O3S. The van der Waals surface area contributed by atoms with E-state index >= 15 is 0 Å². The molecule has 1 aromatic carbocycles. The molecule has 1 saturated carbocycles. The molecule has 0 atom stereocenters. The van der Waals surface area contributed by atoms with Crippen LogP contribution in [0.3, 0.4) is 0 Å². The van der Waals surface area contributed by atoms with Crippen LogP contribution in [-0.4, -0.2) is 19.4 Å². The van der Waals surface area contributed by atoms with E-state index in [0.29, 0.717) is 22.9 Å². The summed E-state index contributed by atoms with van der Waals surface area (Å²) in [6.45, 7) is 4.04. The number of hydrogen-bond acceptors (Lipinski definition) is 5. The number of nitrogens with zero attached hydrogens (tertiary/aromatic N) is 1. The summed E-state index contributed by atoms with van der Waals surface area (Å²) in [5, 5.41) is 3.18. The average molecular weight is 321 g/mol. The monoisotopic (exact) mass is 321 g/mol. The van der Waals surface area contributed by atoms with E-state index in [4.69, 9.17) is 4.42 Å². The van der Waals surface area contributed by atoms with Crippen LogP contribution in [0.1, 0.15) is 30.1 Å². The van der Waals surface area contributed by atoms with Crippen LogP contribution in [0.5, 0.6) is 0 Å². The predicted molar refractivity (Wildman–Crippen MR) is 83.1 cm³/mol. The maximum atomic E-state index is 12.4.